The SMILES string of the molecule is N/C(=C\C(OCc1ccccc1)=C(/N)OCc1ccccc1)C1=CCCC1. The van der Waals surface area contributed by atoms with Crippen LogP contribution in [0.15, 0.2) is 95.7 Å². The largest absolute Gasteiger partial charge is 0.483 e. The Morgan fingerprint density at radius 2 is 1.44 bits per heavy atom. The van der Waals surface area contributed by atoms with Gasteiger partial charge in [-0.3, -0.25) is 0 Å². The number of hydrogen-bond acceptors (Lipinski definition) is 4. The van der Waals surface area contributed by atoms with Gasteiger partial charge in [-0.2, -0.15) is 0 Å². The first-order valence-corrected chi connectivity index (χ1v) is 9.22. The minimum Gasteiger partial charge on any atom is -0.483 e. The van der Waals surface area contributed by atoms with E-state index in [2.05, 4.69) is 6.08 Å². The summed E-state index contributed by atoms with van der Waals surface area (Å²) in [5, 5.41) is 0. The Hall–Kier alpha value is -3.14. The van der Waals surface area contributed by atoms with Crippen LogP contribution >= 0.6 is 0 Å². The number of nitrogens with two attached hydrogens (primary N) is 2. The molecule has 0 saturated carbocycles. The highest BCUT2D eigenvalue weighted by molar-refractivity contribution is 5.35. The predicted octanol–water partition coefficient (Wildman–Crippen LogP) is 4.50. The minimum atomic E-state index is 0.233. The average Bonchev–Trinajstić information content (AvgIpc) is 3.26. The first kappa shape index (κ1) is 18.6. The van der Waals surface area contributed by atoms with E-state index in [0.29, 0.717) is 24.7 Å². The van der Waals surface area contributed by atoms with Crippen LogP contribution in [0, 0.1) is 0 Å². The third-order valence-corrected chi connectivity index (χ3v) is 4.42. The standard InChI is InChI=1S/C23H26N2O2/c24-21(20-13-7-8-14-20)15-22(26-16-18-9-3-1-4-10-18)23(25)27-17-19-11-5-2-6-12-19/h1-6,9-13,15H,7-8,14,16-17,24-25H2/b21-15-,23-22-. The van der Waals surface area contributed by atoms with Crippen molar-refractivity contribution in [3.05, 3.63) is 107 Å². The smallest absolute Gasteiger partial charge is 0.228 e. The predicted molar refractivity (Wildman–Crippen MR) is 108 cm³/mol. The average molecular weight is 362 g/mol. The second-order valence-corrected chi connectivity index (χ2v) is 6.50. The highest BCUT2D eigenvalue weighted by Crippen LogP contribution is 2.23. The van der Waals surface area contributed by atoms with Crippen molar-refractivity contribution in [2.45, 2.75) is 32.5 Å². The molecule has 4 heteroatoms. The molecule has 3 rings (SSSR count). The molecule has 0 bridgehead atoms. The van der Waals surface area contributed by atoms with Crippen LogP contribution in [0.5, 0.6) is 0 Å². The molecule has 140 valence electrons. The van der Waals surface area contributed by atoms with E-state index in [9.17, 15) is 0 Å². The van der Waals surface area contributed by atoms with Crippen LogP contribution < -0.4 is 11.5 Å². The summed E-state index contributed by atoms with van der Waals surface area (Å²) in [7, 11) is 0. The second-order valence-electron chi connectivity index (χ2n) is 6.50. The van der Waals surface area contributed by atoms with Crippen molar-refractivity contribution in [3.8, 4) is 0 Å². The lowest BCUT2D eigenvalue weighted by Gasteiger charge is -2.13. The van der Waals surface area contributed by atoms with E-state index in [1.807, 2.05) is 60.7 Å². The first-order valence-electron chi connectivity index (χ1n) is 9.22. The van der Waals surface area contributed by atoms with Crippen LogP contribution in [0.4, 0.5) is 0 Å². The molecule has 0 fully saturated rings. The first-order chi connectivity index (χ1) is 13.2. The van der Waals surface area contributed by atoms with Crippen LogP contribution in [0.25, 0.3) is 0 Å². The van der Waals surface area contributed by atoms with Crippen LogP contribution in [-0.2, 0) is 22.7 Å². The number of ether oxygens (including phenoxy) is 2. The van der Waals surface area contributed by atoms with Gasteiger partial charge in [0, 0.05) is 11.8 Å². The summed E-state index contributed by atoms with van der Waals surface area (Å²) in [6, 6.07) is 19.8. The van der Waals surface area contributed by atoms with Gasteiger partial charge in [-0.25, -0.2) is 0 Å². The summed E-state index contributed by atoms with van der Waals surface area (Å²) in [5.41, 5.74) is 16.4. The summed E-state index contributed by atoms with van der Waals surface area (Å²) in [4.78, 5) is 0. The van der Waals surface area contributed by atoms with Crippen molar-refractivity contribution in [1.29, 1.82) is 0 Å². The van der Waals surface area contributed by atoms with Crippen molar-refractivity contribution < 1.29 is 9.47 Å². The molecule has 0 aliphatic heterocycles. The lowest BCUT2D eigenvalue weighted by molar-refractivity contribution is 0.144. The highest BCUT2D eigenvalue weighted by atomic mass is 16.5. The fourth-order valence-electron chi connectivity index (χ4n) is 2.89. The molecule has 0 heterocycles. The topological polar surface area (TPSA) is 70.5 Å². The van der Waals surface area contributed by atoms with Crippen molar-refractivity contribution in [1.82, 2.24) is 0 Å². The molecule has 2 aromatic carbocycles. The van der Waals surface area contributed by atoms with E-state index in [1.54, 1.807) is 6.08 Å². The number of hydrogen-bond donors (Lipinski definition) is 2. The van der Waals surface area contributed by atoms with Crippen LogP contribution in [0.1, 0.15) is 30.4 Å². The molecule has 4 N–H and O–H groups in total. The second kappa shape index (κ2) is 9.53. The normalized spacial score (nSPS) is 15.1. The van der Waals surface area contributed by atoms with Crippen molar-refractivity contribution >= 4 is 0 Å². The maximum absolute atomic E-state index is 6.26. The molecule has 4 nitrogen and oxygen atoms in total. The van der Waals surface area contributed by atoms with Gasteiger partial charge < -0.3 is 20.9 Å². The Bertz CT molecular complexity index is 824. The molecule has 2 aromatic rings. The zero-order valence-corrected chi connectivity index (χ0v) is 15.4. The Labute approximate surface area is 160 Å². The molecule has 0 radical (unpaired) electrons. The Morgan fingerprint density at radius 1 is 0.852 bits per heavy atom. The summed E-state index contributed by atoms with van der Waals surface area (Å²) >= 11 is 0. The highest BCUT2D eigenvalue weighted by Gasteiger charge is 2.11. The zero-order chi connectivity index (χ0) is 18.9. The van der Waals surface area contributed by atoms with Crippen LogP contribution in [0.3, 0.4) is 0 Å². The van der Waals surface area contributed by atoms with Crippen molar-refractivity contribution in [2.24, 2.45) is 11.5 Å². The van der Waals surface area contributed by atoms with Crippen molar-refractivity contribution in [3.63, 3.8) is 0 Å². The third kappa shape index (κ3) is 5.68. The maximum Gasteiger partial charge on any atom is 0.228 e. The number of allylic oxidation sites excluding steroid dienone is 3. The molecule has 0 unspecified atom stereocenters. The molecule has 0 saturated heterocycles. The quantitative estimate of drug-likeness (QED) is 0.536. The fourth-order valence-corrected chi connectivity index (χ4v) is 2.89. The fraction of sp³-hybridized carbons (Fsp3) is 0.217. The Kier molecular flexibility index (Phi) is 6.58. The molecule has 27 heavy (non-hydrogen) atoms. The molecule has 0 atom stereocenters. The number of rotatable bonds is 8. The van der Waals surface area contributed by atoms with E-state index in [4.69, 9.17) is 20.9 Å². The molecular formula is C23H26N2O2. The Morgan fingerprint density at radius 3 is 2.00 bits per heavy atom. The van der Waals surface area contributed by atoms with Gasteiger partial charge >= 0.3 is 0 Å². The zero-order valence-electron chi connectivity index (χ0n) is 15.4. The third-order valence-electron chi connectivity index (χ3n) is 4.42. The molecule has 0 spiro atoms. The van der Waals surface area contributed by atoms with E-state index in [-0.39, 0.29) is 5.88 Å². The molecule has 1 aliphatic rings. The molecule has 0 aromatic heterocycles. The van der Waals surface area contributed by atoms with E-state index in [0.717, 1.165) is 36.0 Å². The maximum atomic E-state index is 6.26. The van der Waals surface area contributed by atoms with Gasteiger partial charge in [0.15, 0.2) is 5.76 Å². The summed E-state index contributed by atoms with van der Waals surface area (Å²) in [6.07, 6.45) is 7.13. The summed E-state index contributed by atoms with van der Waals surface area (Å²) in [5.74, 6) is 0.691. The number of benzene rings is 2. The van der Waals surface area contributed by atoms with Gasteiger partial charge in [-0.15, -0.1) is 0 Å². The van der Waals surface area contributed by atoms with Gasteiger partial charge in [-0.1, -0.05) is 66.7 Å². The molecular weight excluding hydrogens is 336 g/mol. The van der Waals surface area contributed by atoms with E-state index in [1.165, 1.54) is 0 Å². The van der Waals surface area contributed by atoms with Gasteiger partial charge in [0.2, 0.25) is 5.88 Å². The monoisotopic (exact) mass is 362 g/mol. The van der Waals surface area contributed by atoms with Gasteiger partial charge in [0.1, 0.15) is 13.2 Å². The molecule has 1 aliphatic carbocycles. The van der Waals surface area contributed by atoms with Gasteiger partial charge in [0.25, 0.3) is 0 Å². The lowest BCUT2D eigenvalue weighted by Crippen LogP contribution is -2.11. The Balaban J connectivity index is 1.75. The van der Waals surface area contributed by atoms with Gasteiger partial charge in [0.05, 0.1) is 0 Å². The summed E-state index contributed by atoms with van der Waals surface area (Å²) < 4.78 is 11.7. The van der Waals surface area contributed by atoms with Crippen molar-refractivity contribution in [2.75, 3.05) is 0 Å². The van der Waals surface area contributed by atoms with Gasteiger partial charge in [-0.05, 0) is 36.0 Å². The van der Waals surface area contributed by atoms with E-state index < -0.39 is 0 Å². The minimum absolute atomic E-state index is 0.233. The van der Waals surface area contributed by atoms with Crippen LogP contribution in [-0.4, -0.2) is 0 Å². The van der Waals surface area contributed by atoms with Crippen LogP contribution in [0.2, 0.25) is 0 Å². The molecule has 0 amide bonds. The van der Waals surface area contributed by atoms with E-state index >= 15 is 0 Å². The summed E-state index contributed by atoms with van der Waals surface area (Å²) in [6.45, 7) is 0.774. The lowest BCUT2D eigenvalue weighted by atomic mass is 10.1.